The Labute approximate surface area is 107 Å². The van der Waals surface area contributed by atoms with Crippen molar-refractivity contribution in [1.82, 2.24) is 9.88 Å². The first-order chi connectivity index (χ1) is 8.10. The van der Waals surface area contributed by atoms with Crippen LogP contribution < -0.4 is 10.6 Å². The zero-order chi connectivity index (χ0) is 12.4. The van der Waals surface area contributed by atoms with Crippen molar-refractivity contribution in [3.05, 3.63) is 10.6 Å². The van der Waals surface area contributed by atoms with Crippen LogP contribution in [0.2, 0.25) is 0 Å². The van der Waals surface area contributed by atoms with Crippen molar-refractivity contribution in [1.29, 1.82) is 0 Å². The molecule has 1 atom stereocenters. The second kappa shape index (κ2) is 5.33. The maximum atomic E-state index is 5.69. The highest BCUT2D eigenvalue weighted by atomic mass is 32.1. The van der Waals surface area contributed by atoms with Crippen LogP contribution in [-0.2, 0) is 6.54 Å². The van der Waals surface area contributed by atoms with E-state index in [1.165, 1.54) is 24.4 Å². The van der Waals surface area contributed by atoms with Crippen molar-refractivity contribution in [2.75, 3.05) is 38.6 Å². The molecule has 1 unspecified atom stereocenters. The topological polar surface area (TPSA) is 45.4 Å². The number of thiazole rings is 1. The van der Waals surface area contributed by atoms with Crippen LogP contribution in [0.4, 0.5) is 5.13 Å². The van der Waals surface area contributed by atoms with Gasteiger partial charge in [0.2, 0.25) is 0 Å². The van der Waals surface area contributed by atoms with Crippen LogP contribution in [-0.4, -0.2) is 43.6 Å². The Hall–Kier alpha value is -0.650. The number of nitrogens with two attached hydrogens (primary N) is 1. The summed E-state index contributed by atoms with van der Waals surface area (Å²) < 4.78 is 0. The highest BCUT2D eigenvalue weighted by Crippen LogP contribution is 2.26. The average Bonchev–Trinajstić information content (AvgIpc) is 2.85. The Morgan fingerprint density at radius 2 is 2.35 bits per heavy atom. The quantitative estimate of drug-likeness (QED) is 0.879. The molecule has 96 valence electrons. The predicted octanol–water partition coefficient (Wildman–Crippen LogP) is 1.30. The van der Waals surface area contributed by atoms with Gasteiger partial charge in [-0.2, -0.15) is 0 Å². The first-order valence-electron chi connectivity index (χ1n) is 6.16. The average molecular weight is 254 g/mol. The molecular weight excluding hydrogens is 232 g/mol. The SMILES string of the molecule is Cc1nc(N(C)CC2CCN(C)C2)sc1CN. The van der Waals surface area contributed by atoms with Crippen molar-refractivity contribution in [3.8, 4) is 0 Å². The Balaban J connectivity index is 1.96. The standard InChI is InChI=1S/C12H22N4S/c1-9-11(6-13)17-12(14-9)16(3)8-10-4-5-15(2)7-10/h10H,4-8,13H2,1-3H3. The molecule has 0 aliphatic carbocycles. The van der Waals surface area contributed by atoms with Gasteiger partial charge in [0, 0.05) is 31.6 Å². The fourth-order valence-corrected chi connectivity index (χ4v) is 3.32. The van der Waals surface area contributed by atoms with Gasteiger partial charge in [0.05, 0.1) is 5.69 Å². The summed E-state index contributed by atoms with van der Waals surface area (Å²) in [6, 6.07) is 0. The molecule has 1 aliphatic heterocycles. The maximum Gasteiger partial charge on any atom is 0.185 e. The lowest BCUT2D eigenvalue weighted by Crippen LogP contribution is -2.27. The summed E-state index contributed by atoms with van der Waals surface area (Å²) in [5.41, 5.74) is 6.78. The molecular formula is C12H22N4S. The van der Waals surface area contributed by atoms with Crippen LogP contribution in [0.5, 0.6) is 0 Å². The van der Waals surface area contributed by atoms with Crippen molar-refractivity contribution in [2.45, 2.75) is 19.9 Å². The minimum absolute atomic E-state index is 0.601. The van der Waals surface area contributed by atoms with Crippen LogP contribution in [0.3, 0.4) is 0 Å². The third-order valence-electron chi connectivity index (χ3n) is 3.41. The maximum absolute atomic E-state index is 5.69. The van der Waals surface area contributed by atoms with Crippen LogP contribution in [0.1, 0.15) is 17.0 Å². The van der Waals surface area contributed by atoms with Gasteiger partial charge in [-0.3, -0.25) is 0 Å². The monoisotopic (exact) mass is 254 g/mol. The van der Waals surface area contributed by atoms with E-state index in [1.54, 1.807) is 11.3 Å². The number of hydrogen-bond acceptors (Lipinski definition) is 5. The van der Waals surface area contributed by atoms with E-state index in [2.05, 4.69) is 28.9 Å². The lowest BCUT2D eigenvalue weighted by molar-refractivity contribution is 0.396. The first kappa shape index (κ1) is 12.8. The Morgan fingerprint density at radius 1 is 1.59 bits per heavy atom. The number of nitrogens with zero attached hydrogens (tertiary/aromatic N) is 3. The lowest BCUT2D eigenvalue weighted by atomic mass is 10.1. The van der Waals surface area contributed by atoms with Gasteiger partial charge in [0.25, 0.3) is 0 Å². The third kappa shape index (κ3) is 2.97. The molecule has 1 saturated heterocycles. The van der Waals surface area contributed by atoms with E-state index < -0.39 is 0 Å². The van der Waals surface area contributed by atoms with Gasteiger partial charge in [0.15, 0.2) is 5.13 Å². The van der Waals surface area contributed by atoms with Crippen LogP contribution in [0.25, 0.3) is 0 Å². The van der Waals surface area contributed by atoms with Gasteiger partial charge in [-0.25, -0.2) is 4.98 Å². The van der Waals surface area contributed by atoms with Crippen molar-refractivity contribution in [2.24, 2.45) is 11.7 Å². The van der Waals surface area contributed by atoms with E-state index in [0.717, 1.165) is 23.3 Å². The zero-order valence-corrected chi connectivity index (χ0v) is 11.8. The van der Waals surface area contributed by atoms with Crippen molar-refractivity contribution in [3.63, 3.8) is 0 Å². The fraction of sp³-hybridized carbons (Fsp3) is 0.750. The van der Waals surface area contributed by atoms with Crippen molar-refractivity contribution >= 4 is 16.5 Å². The Morgan fingerprint density at radius 3 is 2.88 bits per heavy atom. The molecule has 1 aromatic heterocycles. The molecule has 1 fully saturated rings. The van der Waals surface area contributed by atoms with Gasteiger partial charge < -0.3 is 15.5 Å². The number of anilines is 1. The zero-order valence-electron chi connectivity index (χ0n) is 10.9. The fourth-order valence-electron chi connectivity index (χ4n) is 2.41. The molecule has 2 heterocycles. The Bertz CT molecular complexity index is 377. The van der Waals surface area contributed by atoms with E-state index >= 15 is 0 Å². The third-order valence-corrected chi connectivity index (χ3v) is 4.71. The number of likely N-dealkylation sites (tertiary alicyclic amines) is 1. The summed E-state index contributed by atoms with van der Waals surface area (Å²) in [5, 5.41) is 1.11. The lowest BCUT2D eigenvalue weighted by Gasteiger charge is -2.20. The van der Waals surface area contributed by atoms with Gasteiger partial charge in [-0.15, -0.1) is 11.3 Å². The molecule has 1 aliphatic rings. The smallest absolute Gasteiger partial charge is 0.185 e. The predicted molar refractivity (Wildman–Crippen MR) is 73.6 cm³/mol. The molecule has 0 spiro atoms. The van der Waals surface area contributed by atoms with Crippen LogP contribution >= 0.6 is 11.3 Å². The van der Waals surface area contributed by atoms with Gasteiger partial charge in [-0.1, -0.05) is 0 Å². The molecule has 0 radical (unpaired) electrons. The normalized spacial score (nSPS) is 21.1. The summed E-state index contributed by atoms with van der Waals surface area (Å²) in [5.74, 6) is 0.774. The number of rotatable bonds is 4. The molecule has 0 bridgehead atoms. The molecule has 4 nitrogen and oxygen atoms in total. The van der Waals surface area contributed by atoms with Gasteiger partial charge in [0.1, 0.15) is 0 Å². The second-order valence-corrected chi connectivity index (χ2v) is 6.07. The van der Waals surface area contributed by atoms with Crippen LogP contribution in [0.15, 0.2) is 0 Å². The summed E-state index contributed by atoms with van der Waals surface area (Å²) in [6.07, 6.45) is 1.30. The van der Waals surface area contributed by atoms with Gasteiger partial charge in [-0.05, 0) is 32.9 Å². The highest BCUT2D eigenvalue weighted by molar-refractivity contribution is 7.15. The summed E-state index contributed by atoms with van der Waals surface area (Å²) >= 11 is 1.73. The van der Waals surface area contributed by atoms with E-state index in [-0.39, 0.29) is 0 Å². The molecule has 1 aromatic rings. The van der Waals surface area contributed by atoms with E-state index in [4.69, 9.17) is 5.73 Å². The molecule has 0 saturated carbocycles. The minimum atomic E-state index is 0.601. The summed E-state index contributed by atoms with van der Waals surface area (Å²) in [4.78, 5) is 10.5. The molecule has 0 amide bonds. The minimum Gasteiger partial charge on any atom is -0.351 e. The first-order valence-corrected chi connectivity index (χ1v) is 6.98. The number of aromatic nitrogens is 1. The summed E-state index contributed by atoms with van der Waals surface area (Å²) in [6.45, 7) is 6.17. The van der Waals surface area contributed by atoms with E-state index in [9.17, 15) is 0 Å². The summed E-state index contributed by atoms with van der Waals surface area (Å²) in [7, 11) is 4.33. The second-order valence-electron chi connectivity index (χ2n) is 5.01. The Kier molecular flexibility index (Phi) is 4.01. The molecule has 0 aromatic carbocycles. The molecule has 2 rings (SSSR count). The van der Waals surface area contributed by atoms with Crippen molar-refractivity contribution < 1.29 is 0 Å². The number of aryl methyl sites for hydroxylation is 1. The molecule has 17 heavy (non-hydrogen) atoms. The van der Waals surface area contributed by atoms with E-state index in [0.29, 0.717) is 6.54 Å². The number of hydrogen-bond donors (Lipinski definition) is 1. The van der Waals surface area contributed by atoms with Crippen LogP contribution in [0, 0.1) is 12.8 Å². The molecule has 2 N–H and O–H groups in total. The highest BCUT2D eigenvalue weighted by Gasteiger charge is 2.22. The largest absolute Gasteiger partial charge is 0.351 e. The van der Waals surface area contributed by atoms with E-state index in [1.807, 2.05) is 6.92 Å². The van der Waals surface area contributed by atoms with Gasteiger partial charge >= 0.3 is 0 Å². The molecule has 5 heteroatoms.